The zero-order valence-electron chi connectivity index (χ0n) is 18.6. The highest BCUT2D eigenvalue weighted by Gasteiger charge is 2.31. The fourth-order valence-corrected chi connectivity index (χ4v) is 5.66. The molecule has 31 heavy (non-hydrogen) atoms. The minimum atomic E-state index is -3.52. The van der Waals surface area contributed by atoms with Gasteiger partial charge in [0.05, 0.1) is 36.8 Å². The predicted molar refractivity (Wildman–Crippen MR) is 126 cm³/mol. The van der Waals surface area contributed by atoms with Gasteiger partial charge in [-0.15, -0.1) is 11.8 Å². The van der Waals surface area contributed by atoms with E-state index >= 15 is 0 Å². The van der Waals surface area contributed by atoms with Crippen molar-refractivity contribution in [2.75, 3.05) is 44.3 Å². The molecule has 0 spiro atoms. The topological polar surface area (TPSA) is 70.9 Å². The fourth-order valence-electron chi connectivity index (χ4n) is 3.66. The lowest BCUT2D eigenvalue weighted by Crippen LogP contribution is -3.15. The van der Waals surface area contributed by atoms with Crippen molar-refractivity contribution in [3.8, 4) is 0 Å². The number of rotatable bonds is 6. The lowest BCUT2D eigenvalue weighted by Gasteiger charge is -2.31. The first-order chi connectivity index (χ1) is 14.6. The molecular weight excluding hydrogens is 430 g/mol. The van der Waals surface area contributed by atoms with E-state index < -0.39 is 10.0 Å². The normalized spacial score (nSPS) is 16.3. The van der Waals surface area contributed by atoms with Crippen LogP contribution in [0, 0.1) is 0 Å². The van der Waals surface area contributed by atoms with Crippen molar-refractivity contribution in [1.82, 2.24) is 4.31 Å². The van der Waals surface area contributed by atoms with Crippen LogP contribution in [0.5, 0.6) is 0 Å². The summed E-state index contributed by atoms with van der Waals surface area (Å²) < 4.78 is 27.6. The van der Waals surface area contributed by atoms with Crippen LogP contribution >= 0.6 is 11.8 Å². The average Bonchev–Trinajstić information content (AvgIpc) is 2.74. The van der Waals surface area contributed by atoms with Crippen molar-refractivity contribution in [3.05, 3.63) is 54.1 Å². The Morgan fingerprint density at radius 2 is 1.68 bits per heavy atom. The van der Waals surface area contributed by atoms with Crippen LogP contribution in [0.4, 0.5) is 5.69 Å². The van der Waals surface area contributed by atoms with E-state index in [-0.39, 0.29) is 11.3 Å². The van der Waals surface area contributed by atoms with Crippen molar-refractivity contribution in [1.29, 1.82) is 0 Å². The van der Waals surface area contributed by atoms with Gasteiger partial charge in [-0.25, -0.2) is 8.42 Å². The first-order valence-corrected chi connectivity index (χ1v) is 13.1. The van der Waals surface area contributed by atoms with Gasteiger partial charge in [-0.2, -0.15) is 4.31 Å². The maximum Gasteiger partial charge on any atom is 0.279 e. The van der Waals surface area contributed by atoms with Gasteiger partial charge in [-0.1, -0.05) is 45.0 Å². The number of thioether (sulfide) groups is 1. The van der Waals surface area contributed by atoms with Crippen molar-refractivity contribution < 1.29 is 18.1 Å². The first kappa shape index (κ1) is 23.8. The van der Waals surface area contributed by atoms with Crippen LogP contribution in [0.2, 0.25) is 0 Å². The largest absolute Gasteiger partial charge is 0.325 e. The van der Waals surface area contributed by atoms with Crippen LogP contribution in [0.25, 0.3) is 0 Å². The molecule has 2 aromatic carbocycles. The van der Waals surface area contributed by atoms with Gasteiger partial charge in [0.2, 0.25) is 10.0 Å². The molecule has 8 heteroatoms. The van der Waals surface area contributed by atoms with E-state index in [1.807, 2.05) is 42.7 Å². The quantitative estimate of drug-likeness (QED) is 0.646. The van der Waals surface area contributed by atoms with Crippen molar-refractivity contribution >= 4 is 33.4 Å². The number of sulfonamides is 1. The second-order valence-corrected chi connectivity index (χ2v) is 11.6. The Balaban J connectivity index is 1.56. The first-order valence-electron chi connectivity index (χ1n) is 10.5. The van der Waals surface area contributed by atoms with Crippen molar-refractivity contribution in [3.63, 3.8) is 0 Å². The number of para-hydroxylation sites is 1. The second-order valence-electron chi connectivity index (χ2n) is 8.85. The highest BCUT2D eigenvalue weighted by atomic mass is 32.2. The lowest BCUT2D eigenvalue weighted by molar-refractivity contribution is -0.895. The van der Waals surface area contributed by atoms with E-state index in [0.717, 1.165) is 21.0 Å². The van der Waals surface area contributed by atoms with Gasteiger partial charge in [-0.05, 0) is 41.5 Å². The zero-order chi connectivity index (χ0) is 22.6. The number of nitrogens with one attached hydrogen (secondary N) is 2. The van der Waals surface area contributed by atoms with E-state index in [1.165, 1.54) is 4.31 Å². The minimum Gasteiger partial charge on any atom is -0.325 e. The van der Waals surface area contributed by atoms with Crippen molar-refractivity contribution in [2.45, 2.75) is 36.0 Å². The maximum absolute atomic E-state index is 13.0. The molecule has 0 unspecified atom stereocenters. The molecule has 0 radical (unpaired) electrons. The third-order valence-electron chi connectivity index (χ3n) is 5.58. The molecule has 1 heterocycles. The van der Waals surface area contributed by atoms with Crippen LogP contribution in [-0.4, -0.2) is 57.6 Å². The van der Waals surface area contributed by atoms with Gasteiger partial charge in [0.15, 0.2) is 6.54 Å². The molecule has 2 aromatic rings. The second kappa shape index (κ2) is 9.73. The molecule has 2 N–H and O–H groups in total. The molecule has 6 nitrogen and oxygen atoms in total. The number of hydrogen-bond acceptors (Lipinski definition) is 4. The number of benzene rings is 2. The molecule has 0 bridgehead atoms. The molecule has 168 valence electrons. The van der Waals surface area contributed by atoms with Crippen molar-refractivity contribution in [2.24, 2.45) is 0 Å². The van der Waals surface area contributed by atoms with E-state index in [4.69, 9.17) is 0 Å². The SMILES string of the molecule is CSc1ccccc1NC(=O)C[NH+]1CCN(S(=O)(=O)c2ccc(C(C)(C)C)cc2)CC1. The smallest absolute Gasteiger partial charge is 0.279 e. The number of carbonyl (C=O) groups excluding carboxylic acids is 1. The summed E-state index contributed by atoms with van der Waals surface area (Å²) in [6.45, 7) is 8.68. The number of carbonyl (C=O) groups is 1. The number of nitrogens with zero attached hydrogens (tertiary/aromatic N) is 1. The third-order valence-corrected chi connectivity index (χ3v) is 8.29. The summed E-state index contributed by atoms with van der Waals surface area (Å²) in [5.41, 5.74) is 1.91. The van der Waals surface area contributed by atoms with E-state index in [0.29, 0.717) is 37.6 Å². The Morgan fingerprint density at radius 3 is 2.26 bits per heavy atom. The molecular formula is C23H32N3O3S2+. The lowest BCUT2D eigenvalue weighted by atomic mass is 9.87. The minimum absolute atomic E-state index is 0.0197. The van der Waals surface area contributed by atoms with Crippen LogP contribution in [-0.2, 0) is 20.2 Å². The summed E-state index contributed by atoms with van der Waals surface area (Å²) in [7, 11) is -3.52. The van der Waals surface area contributed by atoms with Crippen LogP contribution < -0.4 is 10.2 Å². The highest BCUT2D eigenvalue weighted by molar-refractivity contribution is 7.98. The molecule has 1 saturated heterocycles. The Kier molecular flexibility index (Phi) is 7.47. The molecule has 1 aliphatic rings. The summed E-state index contributed by atoms with van der Waals surface area (Å²) in [5, 5.41) is 2.98. The summed E-state index contributed by atoms with van der Waals surface area (Å²) in [6, 6.07) is 14.9. The Hall–Kier alpha value is -1.87. The fraction of sp³-hybridized carbons (Fsp3) is 0.435. The number of anilines is 1. The number of piperazine rings is 1. The third kappa shape index (κ3) is 5.88. The van der Waals surface area contributed by atoms with Gasteiger partial charge in [0.1, 0.15) is 0 Å². The number of amides is 1. The molecule has 3 rings (SSSR count). The Bertz CT molecular complexity index is 1010. The van der Waals surface area contributed by atoms with Gasteiger partial charge in [-0.3, -0.25) is 4.79 Å². The van der Waals surface area contributed by atoms with Crippen LogP contribution in [0.1, 0.15) is 26.3 Å². The monoisotopic (exact) mass is 462 g/mol. The highest BCUT2D eigenvalue weighted by Crippen LogP contribution is 2.25. The maximum atomic E-state index is 13.0. The average molecular weight is 463 g/mol. The van der Waals surface area contributed by atoms with Crippen LogP contribution in [0.15, 0.2) is 58.3 Å². The standard InChI is InChI=1S/C23H31N3O3S2/c1-23(2,3)18-9-11-19(12-10-18)31(28,29)26-15-13-25(14-16-26)17-22(27)24-20-7-5-6-8-21(20)30-4/h5-12H,13-17H2,1-4H3,(H,24,27)/p+1. The van der Waals surface area contributed by atoms with E-state index in [1.54, 1.807) is 23.9 Å². The molecule has 0 atom stereocenters. The number of quaternary nitrogens is 1. The summed E-state index contributed by atoms with van der Waals surface area (Å²) >= 11 is 1.59. The van der Waals surface area contributed by atoms with Gasteiger partial charge >= 0.3 is 0 Å². The molecule has 0 saturated carbocycles. The number of hydrogen-bond donors (Lipinski definition) is 2. The van der Waals surface area contributed by atoms with E-state index in [2.05, 4.69) is 26.1 Å². The summed E-state index contributed by atoms with van der Waals surface area (Å²) in [5.74, 6) is -0.0504. The molecule has 1 aliphatic heterocycles. The molecule has 1 amide bonds. The predicted octanol–water partition coefficient (Wildman–Crippen LogP) is 2.23. The van der Waals surface area contributed by atoms with Gasteiger partial charge < -0.3 is 10.2 Å². The van der Waals surface area contributed by atoms with Gasteiger partial charge in [0.25, 0.3) is 5.91 Å². The molecule has 0 aromatic heterocycles. The van der Waals surface area contributed by atoms with E-state index in [9.17, 15) is 13.2 Å². The zero-order valence-corrected chi connectivity index (χ0v) is 20.3. The summed E-state index contributed by atoms with van der Waals surface area (Å²) in [6.07, 6.45) is 1.98. The van der Waals surface area contributed by atoms with Crippen LogP contribution in [0.3, 0.4) is 0 Å². The van der Waals surface area contributed by atoms with Gasteiger partial charge in [0, 0.05) is 4.90 Å². The molecule has 1 fully saturated rings. The summed E-state index contributed by atoms with van der Waals surface area (Å²) in [4.78, 5) is 14.9. The Morgan fingerprint density at radius 1 is 1.06 bits per heavy atom. The Labute approximate surface area is 190 Å². The molecule has 0 aliphatic carbocycles.